The predicted molar refractivity (Wildman–Crippen MR) is 98.5 cm³/mol. The van der Waals surface area contributed by atoms with Gasteiger partial charge in [-0.15, -0.1) is 0 Å². The van der Waals surface area contributed by atoms with Crippen molar-refractivity contribution in [3.8, 4) is 0 Å². The molecule has 0 aliphatic carbocycles. The number of furan rings is 1. The lowest BCUT2D eigenvalue weighted by molar-refractivity contribution is -0.132. The van der Waals surface area contributed by atoms with Crippen molar-refractivity contribution in [3.63, 3.8) is 0 Å². The van der Waals surface area contributed by atoms with Crippen LogP contribution in [0, 0.1) is 0 Å². The molecule has 2 N–H and O–H groups in total. The molecular formula is C20H25N3O3. The minimum atomic E-state index is -0.0652. The lowest BCUT2D eigenvalue weighted by Gasteiger charge is -2.34. The highest BCUT2D eigenvalue weighted by molar-refractivity contribution is 5.94. The monoisotopic (exact) mass is 355 g/mol. The van der Waals surface area contributed by atoms with Crippen LogP contribution in [-0.4, -0.2) is 47.8 Å². The van der Waals surface area contributed by atoms with E-state index in [1.807, 2.05) is 23.1 Å². The van der Waals surface area contributed by atoms with Crippen LogP contribution in [-0.2, 0) is 17.8 Å². The second-order valence-corrected chi connectivity index (χ2v) is 6.52. The van der Waals surface area contributed by atoms with Gasteiger partial charge in [-0.25, -0.2) is 0 Å². The predicted octanol–water partition coefficient (Wildman–Crippen LogP) is 2.05. The first-order valence-corrected chi connectivity index (χ1v) is 9.06. The van der Waals surface area contributed by atoms with Gasteiger partial charge in [-0.1, -0.05) is 30.3 Å². The molecule has 0 unspecified atom stereocenters. The molecule has 1 saturated heterocycles. The van der Waals surface area contributed by atoms with Gasteiger partial charge in [0.15, 0.2) is 0 Å². The highest BCUT2D eigenvalue weighted by Crippen LogP contribution is 2.13. The van der Waals surface area contributed by atoms with E-state index >= 15 is 0 Å². The van der Waals surface area contributed by atoms with E-state index < -0.39 is 0 Å². The summed E-state index contributed by atoms with van der Waals surface area (Å²) in [4.78, 5) is 28.4. The zero-order valence-electron chi connectivity index (χ0n) is 14.9. The number of carbonyl (C=O) groups is 2. The first-order valence-electron chi connectivity index (χ1n) is 9.06. The van der Waals surface area contributed by atoms with Gasteiger partial charge in [0.2, 0.25) is 5.91 Å². The maximum absolute atomic E-state index is 12.5. The van der Waals surface area contributed by atoms with Crippen molar-refractivity contribution in [3.05, 3.63) is 59.5 Å². The molecule has 138 valence electrons. The fraction of sp³-hybridized carbons (Fsp3) is 0.400. The molecule has 0 atom stereocenters. The van der Waals surface area contributed by atoms with E-state index in [1.165, 1.54) is 11.8 Å². The summed E-state index contributed by atoms with van der Waals surface area (Å²) in [5.41, 5.74) is 7.29. The van der Waals surface area contributed by atoms with Crippen molar-refractivity contribution >= 4 is 11.8 Å². The maximum atomic E-state index is 12.5. The summed E-state index contributed by atoms with van der Waals surface area (Å²) in [7, 11) is 0. The Morgan fingerprint density at radius 1 is 1.04 bits per heavy atom. The second-order valence-electron chi connectivity index (χ2n) is 6.52. The number of nitrogens with two attached hydrogens (primary N) is 1. The quantitative estimate of drug-likeness (QED) is 0.860. The number of piperazine rings is 1. The Morgan fingerprint density at radius 3 is 2.38 bits per heavy atom. The molecule has 2 amide bonds. The highest BCUT2D eigenvalue weighted by Gasteiger charge is 2.25. The summed E-state index contributed by atoms with van der Waals surface area (Å²) >= 11 is 0. The van der Waals surface area contributed by atoms with Gasteiger partial charge in [0.1, 0.15) is 12.0 Å². The number of nitrogens with zero attached hydrogens (tertiary/aromatic N) is 2. The number of hydrogen-bond donors (Lipinski definition) is 1. The molecule has 0 radical (unpaired) electrons. The van der Waals surface area contributed by atoms with Crippen LogP contribution < -0.4 is 5.73 Å². The molecule has 1 aliphatic rings. The molecule has 0 bridgehead atoms. The Kier molecular flexibility index (Phi) is 6.07. The number of carbonyl (C=O) groups excluding carboxylic acids is 2. The highest BCUT2D eigenvalue weighted by atomic mass is 16.3. The largest absolute Gasteiger partial charge is 0.467 e. The van der Waals surface area contributed by atoms with Crippen LogP contribution in [0.5, 0.6) is 0 Å². The fourth-order valence-corrected chi connectivity index (χ4v) is 3.19. The number of aryl methyl sites for hydroxylation is 1. The molecule has 1 aromatic heterocycles. The molecule has 26 heavy (non-hydrogen) atoms. The Hall–Kier alpha value is -2.60. The van der Waals surface area contributed by atoms with Gasteiger partial charge in [0, 0.05) is 32.6 Å². The summed E-state index contributed by atoms with van der Waals surface area (Å²) in [6.07, 6.45) is 3.75. The third kappa shape index (κ3) is 4.52. The van der Waals surface area contributed by atoms with Crippen LogP contribution in [0.4, 0.5) is 0 Å². The first kappa shape index (κ1) is 18.2. The van der Waals surface area contributed by atoms with E-state index in [2.05, 4.69) is 12.1 Å². The molecule has 2 aromatic rings. The summed E-state index contributed by atoms with van der Waals surface area (Å²) in [6, 6.07) is 11.9. The van der Waals surface area contributed by atoms with Crippen LogP contribution in [0.25, 0.3) is 0 Å². The third-order valence-electron chi connectivity index (χ3n) is 4.72. The van der Waals surface area contributed by atoms with E-state index in [1.54, 1.807) is 11.0 Å². The van der Waals surface area contributed by atoms with E-state index in [4.69, 9.17) is 10.2 Å². The van der Waals surface area contributed by atoms with E-state index in [0.29, 0.717) is 43.9 Å². The molecule has 1 aliphatic heterocycles. The molecule has 0 spiro atoms. The van der Waals surface area contributed by atoms with Crippen molar-refractivity contribution in [1.82, 2.24) is 9.80 Å². The standard InChI is InChI=1S/C20H25N3O3/c21-14-18-13-17(15-26-18)20(25)23-11-9-22(10-12-23)19(24)8-4-7-16-5-2-1-3-6-16/h1-3,5-6,13,15H,4,7-12,14,21H2. The number of amides is 2. The third-order valence-corrected chi connectivity index (χ3v) is 4.72. The molecule has 1 aromatic carbocycles. The van der Waals surface area contributed by atoms with Gasteiger partial charge >= 0.3 is 0 Å². The van der Waals surface area contributed by atoms with Crippen molar-refractivity contribution in [2.24, 2.45) is 5.73 Å². The van der Waals surface area contributed by atoms with Crippen molar-refractivity contribution < 1.29 is 14.0 Å². The Morgan fingerprint density at radius 2 is 1.73 bits per heavy atom. The zero-order chi connectivity index (χ0) is 18.4. The number of rotatable bonds is 6. The first-order chi connectivity index (χ1) is 12.7. The fourth-order valence-electron chi connectivity index (χ4n) is 3.19. The second kappa shape index (κ2) is 8.67. The minimum absolute atomic E-state index is 0.0652. The van der Waals surface area contributed by atoms with Crippen LogP contribution in [0.1, 0.15) is 34.5 Å². The van der Waals surface area contributed by atoms with Crippen molar-refractivity contribution in [1.29, 1.82) is 0 Å². The molecule has 2 heterocycles. The average Bonchev–Trinajstić information content (AvgIpc) is 3.17. The van der Waals surface area contributed by atoms with Crippen molar-refractivity contribution in [2.75, 3.05) is 26.2 Å². The van der Waals surface area contributed by atoms with Crippen LogP contribution >= 0.6 is 0 Å². The molecule has 6 nitrogen and oxygen atoms in total. The van der Waals surface area contributed by atoms with Crippen LogP contribution in [0.3, 0.4) is 0 Å². The summed E-state index contributed by atoms with van der Waals surface area (Å²) in [5, 5.41) is 0. The van der Waals surface area contributed by atoms with Crippen molar-refractivity contribution in [2.45, 2.75) is 25.8 Å². The van der Waals surface area contributed by atoms with Gasteiger partial charge in [-0.2, -0.15) is 0 Å². The Balaban J connectivity index is 1.42. The lowest BCUT2D eigenvalue weighted by Crippen LogP contribution is -2.50. The lowest BCUT2D eigenvalue weighted by atomic mass is 10.1. The topological polar surface area (TPSA) is 79.8 Å². The van der Waals surface area contributed by atoms with Crippen LogP contribution in [0.2, 0.25) is 0 Å². The Bertz CT molecular complexity index is 734. The van der Waals surface area contributed by atoms with E-state index in [-0.39, 0.29) is 18.4 Å². The average molecular weight is 355 g/mol. The minimum Gasteiger partial charge on any atom is -0.467 e. The molecule has 0 saturated carbocycles. The molecule has 1 fully saturated rings. The van der Waals surface area contributed by atoms with Gasteiger partial charge < -0.3 is 20.0 Å². The maximum Gasteiger partial charge on any atom is 0.257 e. The van der Waals surface area contributed by atoms with Gasteiger partial charge in [-0.05, 0) is 24.5 Å². The smallest absolute Gasteiger partial charge is 0.257 e. The molecule has 3 rings (SSSR count). The summed E-state index contributed by atoms with van der Waals surface area (Å²) in [6.45, 7) is 2.53. The normalized spacial score (nSPS) is 14.5. The summed E-state index contributed by atoms with van der Waals surface area (Å²) < 4.78 is 5.23. The van der Waals surface area contributed by atoms with E-state index in [9.17, 15) is 9.59 Å². The summed E-state index contributed by atoms with van der Waals surface area (Å²) in [5.74, 6) is 0.701. The molecular weight excluding hydrogens is 330 g/mol. The van der Waals surface area contributed by atoms with Crippen LogP contribution in [0.15, 0.2) is 47.1 Å². The number of benzene rings is 1. The van der Waals surface area contributed by atoms with Gasteiger partial charge in [0.25, 0.3) is 5.91 Å². The van der Waals surface area contributed by atoms with Gasteiger partial charge in [0.05, 0.1) is 12.1 Å². The number of hydrogen-bond acceptors (Lipinski definition) is 4. The molecule has 6 heteroatoms. The van der Waals surface area contributed by atoms with E-state index in [0.717, 1.165) is 12.8 Å². The Labute approximate surface area is 153 Å². The SMILES string of the molecule is NCc1cc(C(=O)N2CCN(C(=O)CCCc3ccccc3)CC2)co1. The van der Waals surface area contributed by atoms with Gasteiger partial charge in [-0.3, -0.25) is 9.59 Å². The zero-order valence-corrected chi connectivity index (χ0v) is 14.9.